The molecule has 5 nitrogen and oxygen atoms in total. The van der Waals surface area contributed by atoms with Crippen LogP contribution >= 0.6 is 23.4 Å². The van der Waals surface area contributed by atoms with Gasteiger partial charge >= 0.3 is 0 Å². The van der Waals surface area contributed by atoms with Gasteiger partial charge in [-0.1, -0.05) is 23.4 Å². The number of aryl methyl sites for hydroxylation is 2. The third-order valence-corrected chi connectivity index (χ3v) is 3.36. The highest BCUT2D eigenvalue weighted by Crippen LogP contribution is 2.27. The van der Waals surface area contributed by atoms with Gasteiger partial charge in [0.25, 0.3) is 0 Å². The zero-order valence-corrected chi connectivity index (χ0v) is 11.9. The Balaban J connectivity index is 2.25. The molecule has 0 aromatic carbocycles. The summed E-state index contributed by atoms with van der Waals surface area (Å²) in [5.74, 6) is 0.575. The molecule has 2 aromatic rings. The van der Waals surface area contributed by atoms with Crippen molar-refractivity contribution in [1.82, 2.24) is 19.7 Å². The second-order valence-electron chi connectivity index (χ2n) is 3.73. The van der Waals surface area contributed by atoms with Gasteiger partial charge in [0, 0.05) is 20.2 Å². The predicted octanol–water partition coefficient (Wildman–Crippen LogP) is 2.47. The third-order valence-electron chi connectivity index (χ3n) is 2.16. The lowest BCUT2D eigenvalue weighted by molar-refractivity contribution is 0.177. The molecule has 18 heavy (non-hydrogen) atoms. The van der Waals surface area contributed by atoms with Crippen LogP contribution in [0.4, 0.5) is 0 Å². The normalized spacial score (nSPS) is 10.9. The molecule has 0 N–H and O–H groups in total. The van der Waals surface area contributed by atoms with E-state index in [1.54, 1.807) is 13.2 Å². The van der Waals surface area contributed by atoms with Gasteiger partial charge < -0.3 is 4.74 Å². The molecule has 0 atom stereocenters. The number of hydrogen-bond acceptors (Lipinski definition) is 5. The minimum Gasteiger partial charge on any atom is -0.377 e. The Morgan fingerprint density at radius 3 is 2.78 bits per heavy atom. The summed E-state index contributed by atoms with van der Waals surface area (Å²) in [6.45, 7) is 2.30. The second-order valence-corrected chi connectivity index (χ2v) is 5.16. The fourth-order valence-corrected chi connectivity index (χ4v) is 2.68. The fraction of sp³-hybridized carbons (Fsp3) is 0.364. The van der Waals surface area contributed by atoms with E-state index in [2.05, 4.69) is 15.1 Å². The van der Waals surface area contributed by atoms with Crippen molar-refractivity contribution in [3.05, 3.63) is 28.8 Å². The van der Waals surface area contributed by atoms with Gasteiger partial charge in [-0.15, -0.1) is 0 Å². The van der Waals surface area contributed by atoms with Gasteiger partial charge in [-0.2, -0.15) is 5.10 Å². The van der Waals surface area contributed by atoms with Crippen molar-refractivity contribution in [3.63, 3.8) is 0 Å². The Kier molecular flexibility index (Phi) is 4.21. The molecule has 2 heterocycles. The molecule has 2 rings (SSSR count). The summed E-state index contributed by atoms with van der Waals surface area (Å²) in [5.41, 5.74) is 0.970. The van der Waals surface area contributed by atoms with Crippen molar-refractivity contribution in [2.24, 2.45) is 7.05 Å². The van der Waals surface area contributed by atoms with Crippen LogP contribution in [0.1, 0.15) is 11.5 Å². The summed E-state index contributed by atoms with van der Waals surface area (Å²) >= 11 is 7.45. The number of methoxy groups -OCH3 is 1. The highest BCUT2D eigenvalue weighted by Gasteiger charge is 2.08. The van der Waals surface area contributed by atoms with E-state index in [-0.39, 0.29) is 0 Å². The maximum absolute atomic E-state index is 5.95. The van der Waals surface area contributed by atoms with Crippen LogP contribution in [-0.4, -0.2) is 26.9 Å². The molecule has 2 aromatic heterocycles. The number of aromatic nitrogens is 4. The Bertz CT molecular complexity index is 558. The van der Waals surface area contributed by atoms with Crippen molar-refractivity contribution in [2.45, 2.75) is 23.6 Å². The first kappa shape index (κ1) is 13.3. The molecule has 0 saturated heterocycles. The largest absolute Gasteiger partial charge is 0.377 e. The van der Waals surface area contributed by atoms with Gasteiger partial charge in [0.2, 0.25) is 0 Å². The lowest BCUT2D eigenvalue weighted by atomic mass is 10.5. The lowest BCUT2D eigenvalue weighted by Crippen LogP contribution is -1.99. The standard InChI is InChI=1S/C11H13ClN4OS/c1-7-4-11(16(2)15-7)18-10-5-8(12)13-9(14-10)6-17-3/h4-5H,6H2,1-3H3. The number of hydrogen-bond donors (Lipinski definition) is 0. The average molecular weight is 285 g/mol. The lowest BCUT2D eigenvalue weighted by Gasteiger charge is -2.04. The molecule has 96 valence electrons. The van der Waals surface area contributed by atoms with E-state index >= 15 is 0 Å². The maximum atomic E-state index is 5.95. The van der Waals surface area contributed by atoms with E-state index in [0.29, 0.717) is 17.6 Å². The van der Waals surface area contributed by atoms with Gasteiger partial charge in [-0.05, 0) is 13.0 Å². The average Bonchev–Trinajstić information content (AvgIpc) is 2.57. The summed E-state index contributed by atoms with van der Waals surface area (Å²) in [7, 11) is 3.50. The van der Waals surface area contributed by atoms with Crippen LogP contribution in [-0.2, 0) is 18.4 Å². The number of ether oxygens (including phenoxy) is 1. The zero-order chi connectivity index (χ0) is 13.1. The van der Waals surface area contributed by atoms with E-state index in [4.69, 9.17) is 16.3 Å². The summed E-state index contributed by atoms with van der Waals surface area (Å²) < 4.78 is 6.82. The van der Waals surface area contributed by atoms with Crippen molar-refractivity contribution < 1.29 is 4.74 Å². The Morgan fingerprint density at radius 1 is 1.39 bits per heavy atom. The molecule has 0 radical (unpaired) electrons. The minimum atomic E-state index is 0.346. The molecule has 0 aliphatic rings. The molecule has 0 spiro atoms. The Morgan fingerprint density at radius 2 is 2.17 bits per heavy atom. The van der Waals surface area contributed by atoms with E-state index in [1.807, 2.05) is 24.7 Å². The smallest absolute Gasteiger partial charge is 0.156 e. The van der Waals surface area contributed by atoms with Gasteiger partial charge in [0.15, 0.2) is 5.82 Å². The van der Waals surface area contributed by atoms with Crippen molar-refractivity contribution >= 4 is 23.4 Å². The van der Waals surface area contributed by atoms with Crippen LogP contribution in [0.25, 0.3) is 0 Å². The second kappa shape index (κ2) is 5.69. The topological polar surface area (TPSA) is 52.8 Å². The van der Waals surface area contributed by atoms with Crippen molar-refractivity contribution in [3.8, 4) is 0 Å². The molecule has 0 aliphatic heterocycles. The van der Waals surface area contributed by atoms with Crippen LogP contribution in [0.2, 0.25) is 5.15 Å². The van der Waals surface area contributed by atoms with Gasteiger partial charge in [-0.3, -0.25) is 4.68 Å². The Hall–Kier alpha value is -1.11. The Labute approximate surface area is 115 Å². The minimum absolute atomic E-state index is 0.346. The van der Waals surface area contributed by atoms with Gasteiger partial charge in [-0.25, -0.2) is 9.97 Å². The van der Waals surface area contributed by atoms with Gasteiger partial charge in [0.1, 0.15) is 21.8 Å². The van der Waals surface area contributed by atoms with E-state index < -0.39 is 0 Å². The molecular formula is C11H13ClN4OS. The summed E-state index contributed by atoms with van der Waals surface area (Å²) in [6.07, 6.45) is 0. The summed E-state index contributed by atoms with van der Waals surface area (Å²) in [6, 6.07) is 3.73. The molecule has 0 amide bonds. The summed E-state index contributed by atoms with van der Waals surface area (Å²) in [5, 5.41) is 6.49. The first-order valence-corrected chi connectivity index (χ1v) is 6.49. The van der Waals surface area contributed by atoms with Crippen LogP contribution in [0.3, 0.4) is 0 Å². The highest BCUT2D eigenvalue weighted by molar-refractivity contribution is 7.99. The predicted molar refractivity (Wildman–Crippen MR) is 69.8 cm³/mol. The van der Waals surface area contributed by atoms with Gasteiger partial charge in [0.05, 0.1) is 5.69 Å². The quantitative estimate of drug-likeness (QED) is 0.807. The SMILES string of the molecule is COCc1nc(Cl)cc(Sc2cc(C)nn2C)n1. The number of nitrogens with zero attached hydrogens (tertiary/aromatic N) is 4. The highest BCUT2D eigenvalue weighted by atomic mass is 35.5. The number of rotatable bonds is 4. The zero-order valence-electron chi connectivity index (χ0n) is 10.3. The molecule has 0 fully saturated rings. The van der Waals surface area contributed by atoms with E-state index in [1.165, 1.54) is 11.8 Å². The molecule has 0 aliphatic carbocycles. The molecular weight excluding hydrogens is 272 g/mol. The first-order chi connectivity index (χ1) is 8.58. The number of halogens is 1. The van der Waals surface area contributed by atoms with Crippen molar-refractivity contribution in [1.29, 1.82) is 0 Å². The summed E-state index contributed by atoms with van der Waals surface area (Å²) in [4.78, 5) is 8.46. The molecule has 0 bridgehead atoms. The maximum Gasteiger partial charge on any atom is 0.156 e. The monoisotopic (exact) mass is 284 g/mol. The molecule has 0 unspecified atom stereocenters. The third kappa shape index (κ3) is 3.22. The van der Waals surface area contributed by atoms with Crippen LogP contribution in [0.5, 0.6) is 0 Å². The van der Waals surface area contributed by atoms with Crippen LogP contribution < -0.4 is 0 Å². The molecule has 7 heteroatoms. The van der Waals surface area contributed by atoms with E-state index in [0.717, 1.165) is 15.7 Å². The van der Waals surface area contributed by atoms with Crippen molar-refractivity contribution in [2.75, 3.05) is 7.11 Å². The fourth-order valence-electron chi connectivity index (χ4n) is 1.48. The first-order valence-electron chi connectivity index (χ1n) is 5.29. The van der Waals surface area contributed by atoms with Crippen LogP contribution in [0, 0.1) is 6.92 Å². The molecule has 0 saturated carbocycles. The van der Waals surface area contributed by atoms with E-state index in [9.17, 15) is 0 Å². The van der Waals surface area contributed by atoms with Crippen LogP contribution in [0.15, 0.2) is 22.2 Å².